The van der Waals surface area contributed by atoms with Crippen LogP contribution in [0.1, 0.15) is 29.2 Å². The zero-order chi connectivity index (χ0) is 13.8. The van der Waals surface area contributed by atoms with E-state index in [1.54, 1.807) is 24.1 Å². The van der Waals surface area contributed by atoms with Crippen molar-refractivity contribution in [2.75, 3.05) is 20.1 Å². The van der Waals surface area contributed by atoms with Crippen molar-refractivity contribution in [3.05, 3.63) is 23.7 Å². The molecule has 2 heterocycles. The topological polar surface area (TPSA) is 88.6 Å². The predicted octanol–water partition coefficient (Wildman–Crippen LogP) is 0.336. The number of rotatable bonds is 3. The van der Waals surface area contributed by atoms with Gasteiger partial charge in [-0.25, -0.2) is 0 Å². The fourth-order valence-corrected chi connectivity index (χ4v) is 2.34. The summed E-state index contributed by atoms with van der Waals surface area (Å²) in [6, 6.07) is 3.33. The highest BCUT2D eigenvalue weighted by molar-refractivity contribution is 5.92. The summed E-state index contributed by atoms with van der Waals surface area (Å²) in [5.74, 6) is 0.556. The Morgan fingerprint density at radius 1 is 1.53 bits per heavy atom. The number of nitrogens with two attached hydrogens (primary N) is 1. The normalized spacial score (nSPS) is 19.3. The van der Waals surface area contributed by atoms with E-state index in [0.29, 0.717) is 18.8 Å². The lowest BCUT2D eigenvalue weighted by Crippen LogP contribution is -2.44. The number of carbonyl (C=O) groups excluding carboxylic acids is 2. The molecular formula is C13H19N3O3. The Labute approximate surface area is 111 Å². The number of nitrogens with zero attached hydrogens (tertiary/aromatic N) is 1. The maximum Gasteiger partial charge on any atom is 0.289 e. The first-order valence-electron chi connectivity index (χ1n) is 6.45. The summed E-state index contributed by atoms with van der Waals surface area (Å²) >= 11 is 0. The Kier molecular flexibility index (Phi) is 4.21. The van der Waals surface area contributed by atoms with Crippen molar-refractivity contribution in [2.45, 2.75) is 19.4 Å². The van der Waals surface area contributed by atoms with Crippen molar-refractivity contribution in [1.29, 1.82) is 0 Å². The first-order chi connectivity index (χ1) is 9.15. The fraction of sp³-hybridized carbons (Fsp3) is 0.538. The average Bonchev–Trinajstić information content (AvgIpc) is 2.94. The molecule has 2 rings (SSSR count). The molecular weight excluding hydrogens is 246 g/mol. The second kappa shape index (κ2) is 5.88. The third-order valence-electron chi connectivity index (χ3n) is 3.40. The maximum atomic E-state index is 12.2. The summed E-state index contributed by atoms with van der Waals surface area (Å²) in [7, 11) is 1.61. The predicted molar refractivity (Wildman–Crippen MR) is 69.3 cm³/mol. The molecule has 1 unspecified atom stereocenters. The minimum Gasteiger partial charge on any atom is -0.455 e. The Morgan fingerprint density at radius 3 is 2.95 bits per heavy atom. The molecule has 0 radical (unpaired) electrons. The quantitative estimate of drug-likeness (QED) is 0.824. The van der Waals surface area contributed by atoms with Gasteiger partial charge in [-0.05, 0) is 25.0 Å². The number of likely N-dealkylation sites (tertiary alicyclic amines) is 1. The van der Waals surface area contributed by atoms with Crippen molar-refractivity contribution < 1.29 is 14.0 Å². The average molecular weight is 265 g/mol. The number of furan rings is 1. The number of carbonyl (C=O) groups is 2. The first kappa shape index (κ1) is 13.6. The Balaban J connectivity index is 2.04. The highest BCUT2D eigenvalue weighted by atomic mass is 16.4. The fourth-order valence-electron chi connectivity index (χ4n) is 2.34. The summed E-state index contributed by atoms with van der Waals surface area (Å²) in [5.41, 5.74) is 5.45. The van der Waals surface area contributed by atoms with E-state index in [0.717, 1.165) is 12.8 Å². The molecule has 1 aliphatic heterocycles. The first-order valence-corrected chi connectivity index (χ1v) is 6.45. The second-order valence-corrected chi connectivity index (χ2v) is 4.67. The van der Waals surface area contributed by atoms with Gasteiger partial charge in [0.05, 0.1) is 12.5 Å². The van der Waals surface area contributed by atoms with Crippen molar-refractivity contribution in [1.82, 2.24) is 10.2 Å². The van der Waals surface area contributed by atoms with Gasteiger partial charge in [0.1, 0.15) is 5.76 Å². The highest BCUT2D eigenvalue weighted by Crippen LogP contribution is 2.19. The van der Waals surface area contributed by atoms with Gasteiger partial charge < -0.3 is 20.4 Å². The van der Waals surface area contributed by atoms with Crippen LogP contribution >= 0.6 is 0 Å². The molecule has 1 atom stereocenters. The van der Waals surface area contributed by atoms with Crippen molar-refractivity contribution in [3.8, 4) is 0 Å². The van der Waals surface area contributed by atoms with Crippen LogP contribution in [0.4, 0.5) is 0 Å². The lowest BCUT2D eigenvalue weighted by molar-refractivity contribution is -0.125. The van der Waals surface area contributed by atoms with E-state index in [2.05, 4.69) is 5.32 Å². The molecule has 1 aromatic rings. The molecule has 1 saturated heterocycles. The Hall–Kier alpha value is -1.82. The monoisotopic (exact) mass is 265 g/mol. The molecule has 19 heavy (non-hydrogen) atoms. The molecule has 2 amide bonds. The van der Waals surface area contributed by atoms with Gasteiger partial charge >= 0.3 is 0 Å². The minimum absolute atomic E-state index is 0.0143. The van der Waals surface area contributed by atoms with Gasteiger partial charge in [0, 0.05) is 20.1 Å². The molecule has 104 valence electrons. The van der Waals surface area contributed by atoms with Gasteiger partial charge in [0.25, 0.3) is 5.91 Å². The van der Waals surface area contributed by atoms with Gasteiger partial charge in [-0.2, -0.15) is 0 Å². The standard InChI is InChI=1S/C13H19N3O3/c1-15-12(17)9-3-2-6-16(8-9)13(18)11-5-4-10(7-14)19-11/h4-5,9H,2-3,6-8,14H2,1H3,(H,15,17). The molecule has 6 nitrogen and oxygen atoms in total. The summed E-state index contributed by atoms with van der Waals surface area (Å²) in [4.78, 5) is 25.5. The van der Waals surface area contributed by atoms with Crippen molar-refractivity contribution in [3.63, 3.8) is 0 Å². The molecule has 6 heteroatoms. The molecule has 0 aromatic carbocycles. The SMILES string of the molecule is CNC(=O)C1CCCN(C(=O)c2ccc(CN)o2)C1. The highest BCUT2D eigenvalue weighted by Gasteiger charge is 2.29. The van der Waals surface area contributed by atoms with Crippen LogP contribution in [0.15, 0.2) is 16.5 Å². The summed E-state index contributed by atoms with van der Waals surface area (Å²) in [6.45, 7) is 1.37. The molecule has 0 spiro atoms. The molecule has 3 N–H and O–H groups in total. The maximum absolute atomic E-state index is 12.2. The second-order valence-electron chi connectivity index (χ2n) is 4.67. The van der Waals surface area contributed by atoms with E-state index in [4.69, 9.17) is 10.2 Å². The third-order valence-corrected chi connectivity index (χ3v) is 3.40. The number of piperidine rings is 1. The van der Waals surface area contributed by atoms with Crippen LogP contribution in [-0.4, -0.2) is 36.9 Å². The van der Waals surface area contributed by atoms with Gasteiger partial charge in [-0.1, -0.05) is 0 Å². The largest absolute Gasteiger partial charge is 0.455 e. The van der Waals surface area contributed by atoms with Crippen LogP contribution in [0.3, 0.4) is 0 Å². The van der Waals surface area contributed by atoms with E-state index in [-0.39, 0.29) is 30.0 Å². The molecule has 0 saturated carbocycles. The lowest BCUT2D eigenvalue weighted by atomic mass is 9.97. The zero-order valence-electron chi connectivity index (χ0n) is 11.0. The third kappa shape index (κ3) is 2.96. The number of nitrogens with one attached hydrogen (secondary N) is 1. The van der Waals surface area contributed by atoms with E-state index < -0.39 is 0 Å². The molecule has 0 aliphatic carbocycles. The Morgan fingerprint density at radius 2 is 2.32 bits per heavy atom. The molecule has 1 aromatic heterocycles. The van der Waals surface area contributed by atoms with Crippen LogP contribution in [0.5, 0.6) is 0 Å². The van der Waals surface area contributed by atoms with E-state index in [1.165, 1.54) is 0 Å². The van der Waals surface area contributed by atoms with Crippen LogP contribution in [-0.2, 0) is 11.3 Å². The number of amides is 2. The van der Waals surface area contributed by atoms with Gasteiger partial charge in [0.15, 0.2) is 5.76 Å². The summed E-state index contributed by atoms with van der Waals surface area (Å²) in [6.07, 6.45) is 1.64. The summed E-state index contributed by atoms with van der Waals surface area (Å²) in [5, 5.41) is 2.63. The number of hydrogen-bond acceptors (Lipinski definition) is 4. The zero-order valence-corrected chi connectivity index (χ0v) is 11.0. The Bertz CT molecular complexity index is 469. The minimum atomic E-state index is -0.173. The van der Waals surface area contributed by atoms with E-state index in [9.17, 15) is 9.59 Å². The van der Waals surface area contributed by atoms with Crippen molar-refractivity contribution >= 4 is 11.8 Å². The lowest BCUT2D eigenvalue weighted by Gasteiger charge is -2.31. The van der Waals surface area contributed by atoms with E-state index >= 15 is 0 Å². The molecule has 1 aliphatic rings. The van der Waals surface area contributed by atoms with Gasteiger partial charge in [0.2, 0.25) is 5.91 Å². The van der Waals surface area contributed by atoms with Crippen LogP contribution in [0.25, 0.3) is 0 Å². The van der Waals surface area contributed by atoms with Crippen LogP contribution < -0.4 is 11.1 Å². The van der Waals surface area contributed by atoms with Crippen LogP contribution in [0, 0.1) is 5.92 Å². The van der Waals surface area contributed by atoms with Gasteiger partial charge in [-0.3, -0.25) is 9.59 Å². The molecule has 0 bridgehead atoms. The van der Waals surface area contributed by atoms with Crippen molar-refractivity contribution in [2.24, 2.45) is 11.7 Å². The van der Waals surface area contributed by atoms with Crippen LogP contribution in [0.2, 0.25) is 0 Å². The molecule has 1 fully saturated rings. The van der Waals surface area contributed by atoms with E-state index in [1.807, 2.05) is 0 Å². The number of hydrogen-bond donors (Lipinski definition) is 2. The smallest absolute Gasteiger partial charge is 0.289 e. The van der Waals surface area contributed by atoms with Gasteiger partial charge in [-0.15, -0.1) is 0 Å². The summed E-state index contributed by atoms with van der Waals surface area (Å²) < 4.78 is 5.35.